The average Bonchev–Trinajstić information content (AvgIpc) is 2.86. The highest BCUT2D eigenvalue weighted by Crippen LogP contribution is 2.18. The molecule has 0 aromatic rings. The number of hydrogen-bond donors (Lipinski definition) is 1. The van der Waals surface area contributed by atoms with Crippen molar-refractivity contribution in [1.82, 2.24) is 10.2 Å². The lowest BCUT2D eigenvalue weighted by atomic mass is 10.3. The van der Waals surface area contributed by atoms with Gasteiger partial charge in [0, 0.05) is 6.04 Å². The fourth-order valence-corrected chi connectivity index (χ4v) is 0.963. The number of likely N-dealkylation sites (N-methyl/N-ethyl adjacent to an activating group) is 1. The van der Waals surface area contributed by atoms with Crippen LogP contribution in [0.5, 0.6) is 0 Å². The molecule has 13 heavy (non-hydrogen) atoms. The molecule has 1 amide bonds. The predicted octanol–water partition coefficient (Wildman–Crippen LogP) is 0.109. The Morgan fingerprint density at radius 1 is 1.77 bits per heavy atom. The Balaban J connectivity index is 2.22. The van der Waals surface area contributed by atoms with Crippen LogP contribution in [-0.2, 0) is 4.79 Å². The lowest BCUT2D eigenvalue weighted by Crippen LogP contribution is -2.39. The first-order valence-corrected chi connectivity index (χ1v) is 4.52. The first kappa shape index (κ1) is 10.0. The number of hydrogen-bond acceptors (Lipinski definition) is 3. The highest BCUT2D eigenvalue weighted by Gasteiger charge is 2.24. The zero-order chi connectivity index (χ0) is 9.84. The molecule has 0 bridgehead atoms. The Morgan fingerprint density at radius 2 is 2.38 bits per heavy atom. The summed E-state index contributed by atoms with van der Waals surface area (Å²) >= 11 is 0. The van der Waals surface area contributed by atoms with Crippen molar-refractivity contribution in [2.45, 2.75) is 31.8 Å². The van der Waals surface area contributed by atoms with E-state index in [0.717, 1.165) is 12.8 Å². The quantitative estimate of drug-likeness (QED) is 0.669. The van der Waals surface area contributed by atoms with Crippen LogP contribution in [0.3, 0.4) is 0 Å². The summed E-state index contributed by atoms with van der Waals surface area (Å²) < 4.78 is 0. The summed E-state index contributed by atoms with van der Waals surface area (Å²) in [6.07, 6.45) is 2.20. The van der Waals surface area contributed by atoms with Gasteiger partial charge in [0.05, 0.1) is 18.7 Å². The van der Waals surface area contributed by atoms with Crippen LogP contribution >= 0.6 is 0 Å². The molecule has 1 fully saturated rings. The van der Waals surface area contributed by atoms with Crippen molar-refractivity contribution >= 4 is 5.91 Å². The van der Waals surface area contributed by atoms with E-state index < -0.39 is 0 Å². The van der Waals surface area contributed by atoms with E-state index in [1.807, 2.05) is 0 Å². The van der Waals surface area contributed by atoms with E-state index in [-0.39, 0.29) is 11.9 Å². The van der Waals surface area contributed by atoms with E-state index in [2.05, 4.69) is 11.4 Å². The van der Waals surface area contributed by atoms with Gasteiger partial charge in [0.2, 0.25) is 5.91 Å². The molecule has 1 rings (SSSR count). The van der Waals surface area contributed by atoms with Crippen LogP contribution in [0.1, 0.15) is 19.8 Å². The second kappa shape index (κ2) is 4.24. The zero-order valence-electron chi connectivity index (χ0n) is 8.08. The van der Waals surface area contributed by atoms with Gasteiger partial charge in [0.15, 0.2) is 0 Å². The van der Waals surface area contributed by atoms with Gasteiger partial charge in [-0.25, -0.2) is 0 Å². The summed E-state index contributed by atoms with van der Waals surface area (Å²) in [5.41, 5.74) is 0. The molecule has 1 unspecified atom stereocenters. The summed E-state index contributed by atoms with van der Waals surface area (Å²) in [7, 11) is 1.78. The maximum absolute atomic E-state index is 11.3. The van der Waals surface area contributed by atoms with Crippen LogP contribution in [0.25, 0.3) is 0 Å². The van der Waals surface area contributed by atoms with Gasteiger partial charge in [-0.15, -0.1) is 0 Å². The van der Waals surface area contributed by atoms with Crippen LogP contribution in [0, 0.1) is 11.3 Å². The molecular formula is C9H15N3O. The van der Waals surface area contributed by atoms with E-state index in [1.54, 1.807) is 18.9 Å². The molecule has 4 nitrogen and oxygen atoms in total. The van der Waals surface area contributed by atoms with Crippen molar-refractivity contribution in [2.24, 2.45) is 0 Å². The van der Waals surface area contributed by atoms with Crippen molar-refractivity contribution in [2.75, 3.05) is 13.6 Å². The molecule has 0 radical (unpaired) electrons. The van der Waals surface area contributed by atoms with Gasteiger partial charge in [0.1, 0.15) is 0 Å². The summed E-state index contributed by atoms with van der Waals surface area (Å²) in [6.45, 7) is 2.09. The third kappa shape index (κ3) is 3.43. The van der Waals surface area contributed by atoms with E-state index in [1.165, 1.54) is 0 Å². The molecule has 0 spiro atoms. The Kier molecular flexibility index (Phi) is 3.26. The molecule has 0 aromatic carbocycles. The fourth-order valence-electron chi connectivity index (χ4n) is 0.963. The van der Waals surface area contributed by atoms with Crippen LogP contribution in [0.15, 0.2) is 0 Å². The summed E-state index contributed by atoms with van der Waals surface area (Å²) in [6, 6.07) is 2.28. The lowest BCUT2D eigenvalue weighted by Gasteiger charge is -2.17. The molecule has 1 N–H and O–H groups in total. The number of nitrogens with zero attached hydrogens (tertiary/aromatic N) is 2. The van der Waals surface area contributed by atoms with Crippen LogP contribution in [0.4, 0.5) is 0 Å². The monoisotopic (exact) mass is 181 g/mol. The van der Waals surface area contributed by atoms with Crippen molar-refractivity contribution < 1.29 is 4.79 Å². The normalized spacial score (nSPS) is 18.0. The van der Waals surface area contributed by atoms with Crippen LogP contribution < -0.4 is 5.32 Å². The first-order chi connectivity index (χ1) is 6.13. The topological polar surface area (TPSA) is 56.1 Å². The number of nitrogens with one attached hydrogen (secondary N) is 1. The third-order valence-corrected chi connectivity index (χ3v) is 2.18. The summed E-state index contributed by atoms with van der Waals surface area (Å²) in [5.74, 6) is 0.0205. The Morgan fingerprint density at radius 3 is 2.85 bits per heavy atom. The maximum atomic E-state index is 11.3. The minimum atomic E-state index is -0.204. The van der Waals surface area contributed by atoms with Gasteiger partial charge >= 0.3 is 0 Å². The van der Waals surface area contributed by atoms with E-state index in [4.69, 9.17) is 5.26 Å². The largest absolute Gasteiger partial charge is 0.352 e. The lowest BCUT2D eigenvalue weighted by molar-refractivity contribution is -0.122. The SMILES string of the molecule is CC(C#N)N(C)CC(=O)NC1CC1. The molecule has 0 aliphatic heterocycles. The molecule has 4 heteroatoms. The Bertz CT molecular complexity index is 230. The molecule has 1 atom stereocenters. The Labute approximate surface area is 78.5 Å². The van der Waals surface area contributed by atoms with Crippen molar-refractivity contribution in [3.8, 4) is 6.07 Å². The van der Waals surface area contributed by atoms with Crippen LogP contribution in [-0.4, -0.2) is 36.5 Å². The predicted molar refractivity (Wildman–Crippen MR) is 48.9 cm³/mol. The molecule has 1 aliphatic rings. The number of amides is 1. The van der Waals surface area contributed by atoms with Gasteiger partial charge in [-0.1, -0.05) is 0 Å². The molecular weight excluding hydrogens is 166 g/mol. The van der Waals surface area contributed by atoms with Gasteiger partial charge in [-0.2, -0.15) is 5.26 Å². The average molecular weight is 181 g/mol. The minimum absolute atomic E-state index is 0.0205. The van der Waals surface area contributed by atoms with Crippen molar-refractivity contribution in [3.05, 3.63) is 0 Å². The van der Waals surface area contributed by atoms with E-state index >= 15 is 0 Å². The van der Waals surface area contributed by atoms with E-state index in [9.17, 15) is 4.79 Å². The number of carbonyl (C=O) groups is 1. The van der Waals surface area contributed by atoms with Crippen molar-refractivity contribution in [1.29, 1.82) is 5.26 Å². The molecule has 1 saturated carbocycles. The molecule has 1 aliphatic carbocycles. The molecule has 72 valence electrons. The smallest absolute Gasteiger partial charge is 0.234 e. The van der Waals surface area contributed by atoms with E-state index in [0.29, 0.717) is 12.6 Å². The number of carbonyl (C=O) groups excluding carboxylic acids is 1. The maximum Gasteiger partial charge on any atom is 0.234 e. The molecule has 0 saturated heterocycles. The number of nitriles is 1. The first-order valence-electron chi connectivity index (χ1n) is 4.52. The highest BCUT2D eigenvalue weighted by atomic mass is 16.2. The standard InChI is InChI=1S/C9H15N3O/c1-7(5-10)12(2)6-9(13)11-8-3-4-8/h7-8H,3-4,6H2,1-2H3,(H,11,13). The second-order valence-electron chi connectivity index (χ2n) is 3.56. The van der Waals surface area contributed by atoms with Crippen LogP contribution in [0.2, 0.25) is 0 Å². The minimum Gasteiger partial charge on any atom is -0.352 e. The summed E-state index contributed by atoms with van der Waals surface area (Å²) in [5, 5.41) is 11.5. The molecule has 0 heterocycles. The molecule has 0 aromatic heterocycles. The fraction of sp³-hybridized carbons (Fsp3) is 0.778. The second-order valence-corrected chi connectivity index (χ2v) is 3.56. The number of rotatable bonds is 4. The highest BCUT2D eigenvalue weighted by molar-refractivity contribution is 5.78. The van der Waals surface area contributed by atoms with Gasteiger partial charge in [0.25, 0.3) is 0 Å². The van der Waals surface area contributed by atoms with Gasteiger partial charge < -0.3 is 5.32 Å². The third-order valence-electron chi connectivity index (χ3n) is 2.18. The van der Waals surface area contributed by atoms with Gasteiger partial charge in [-0.05, 0) is 26.8 Å². The Hall–Kier alpha value is -1.08. The van der Waals surface area contributed by atoms with Crippen molar-refractivity contribution in [3.63, 3.8) is 0 Å². The summed E-state index contributed by atoms with van der Waals surface area (Å²) in [4.78, 5) is 13.0. The zero-order valence-corrected chi connectivity index (χ0v) is 8.08. The van der Waals surface area contributed by atoms with Gasteiger partial charge in [-0.3, -0.25) is 9.69 Å².